The van der Waals surface area contributed by atoms with Crippen LogP contribution in [0.4, 0.5) is 5.82 Å². The van der Waals surface area contributed by atoms with Crippen LogP contribution in [0.1, 0.15) is 39.3 Å². The summed E-state index contributed by atoms with van der Waals surface area (Å²) in [4.78, 5) is 25.2. The van der Waals surface area contributed by atoms with Crippen molar-refractivity contribution < 1.29 is 23.3 Å². The topological polar surface area (TPSA) is 94.6 Å². The molecule has 134 valence electrons. The molecule has 0 unspecified atom stereocenters. The Morgan fingerprint density at radius 3 is 2.38 bits per heavy atom. The van der Waals surface area contributed by atoms with E-state index in [1.165, 1.54) is 0 Å². The second-order valence-corrected chi connectivity index (χ2v) is 5.83. The van der Waals surface area contributed by atoms with Crippen LogP contribution in [0.3, 0.4) is 0 Å². The number of aromatic nitrogens is 1. The molecule has 0 bridgehead atoms. The van der Waals surface area contributed by atoms with Crippen LogP contribution in [0.25, 0.3) is 0 Å². The van der Waals surface area contributed by atoms with E-state index in [4.69, 9.17) is 13.7 Å². The van der Waals surface area contributed by atoms with Crippen LogP contribution in [0.2, 0.25) is 0 Å². The van der Waals surface area contributed by atoms with Crippen molar-refractivity contribution in [1.82, 2.24) is 5.16 Å². The zero-order valence-electron chi connectivity index (χ0n) is 14.6. The van der Waals surface area contributed by atoms with Gasteiger partial charge in [-0.25, -0.2) is 4.79 Å². The molecule has 3 rings (SSSR count). The molecule has 3 aromatic rings. The molecule has 1 aromatic carbocycles. The van der Waals surface area contributed by atoms with Crippen LogP contribution in [0.15, 0.2) is 51.4 Å². The zero-order valence-corrected chi connectivity index (χ0v) is 14.6. The first-order valence-electron chi connectivity index (χ1n) is 8.01. The van der Waals surface area contributed by atoms with Crippen LogP contribution in [0.5, 0.6) is 0 Å². The van der Waals surface area contributed by atoms with Crippen molar-refractivity contribution >= 4 is 17.7 Å². The van der Waals surface area contributed by atoms with Crippen molar-refractivity contribution in [1.29, 1.82) is 0 Å². The summed E-state index contributed by atoms with van der Waals surface area (Å²) in [6, 6.07) is 11.9. The summed E-state index contributed by atoms with van der Waals surface area (Å²) in [5, 5.41) is 6.32. The van der Waals surface area contributed by atoms with Gasteiger partial charge in [0.1, 0.15) is 22.8 Å². The number of benzene rings is 1. The van der Waals surface area contributed by atoms with E-state index in [1.54, 1.807) is 57.2 Å². The van der Waals surface area contributed by atoms with E-state index < -0.39 is 18.0 Å². The number of esters is 1. The van der Waals surface area contributed by atoms with E-state index in [2.05, 4.69) is 10.5 Å². The normalized spacial score (nSPS) is 11.8. The molecule has 0 radical (unpaired) electrons. The largest absolute Gasteiger partial charge is 0.466 e. The van der Waals surface area contributed by atoms with E-state index in [0.29, 0.717) is 22.8 Å². The molecule has 0 spiro atoms. The van der Waals surface area contributed by atoms with Crippen LogP contribution >= 0.6 is 0 Å². The molecular weight excluding hydrogens is 336 g/mol. The first-order valence-corrected chi connectivity index (χ1v) is 8.01. The molecule has 7 heteroatoms. The van der Waals surface area contributed by atoms with Gasteiger partial charge in [0.2, 0.25) is 6.10 Å². The van der Waals surface area contributed by atoms with Crippen molar-refractivity contribution in [2.24, 2.45) is 0 Å². The third-order valence-electron chi connectivity index (χ3n) is 3.71. The van der Waals surface area contributed by atoms with E-state index in [0.717, 1.165) is 0 Å². The molecule has 1 N–H and O–H groups in total. The van der Waals surface area contributed by atoms with Crippen molar-refractivity contribution in [3.05, 3.63) is 70.9 Å². The summed E-state index contributed by atoms with van der Waals surface area (Å²) in [5.74, 6) is 0.661. The maximum atomic E-state index is 12.7. The fourth-order valence-corrected chi connectivity index (χ4v) is 2.52. The van der Waals surface area contributed by atoms with Crippen molar-refractivity contribution in [3.63, 3.8) is 0 Å². The molecule has 26 heavy (non-hydrogen) atoms. The second-order valence-electron chi connectivity index (χ2n) is 5.83. The third kappa shape index (κ3) is 3.83. The summed E-state index contributed by atoms with van der Waals surface area (Å²) in [6.07, 6.45) is -1.14. The van der Waals surface area contributed by atoms with Crippen molar-refractivity contribution in [3.8, 4) is 0 Å². The van der Waals surface area contributed by atoms with Gasteiger partial charge >= 0.3 is 5.97 Å². The molecule has 0 aliphatic heterocycles. The Hall–Kier alpha value is -3.35. The highest BCUT2D eigenvalue weighted by Gasteiger charge is 2.28. The fraction of sp³-hybridized carbons (Fsp3) is 0.211. The number of nitrogens with zero attached hydrogens (tertiary/aromatic N) is 1. The summed E-state index contributed by atoms with van der Waals surface area (Å²) in [6.45, 7) is 5.11. The van der Waals surface area contributed by atoms with Gasteiger partial charge in [-0.3, -0.25) is 4.79 Å². The smallest absolute Gasteiger partial charge is 0.342 e. The lowest BCUT2D eigenvalue weighted by Crippen LogP contribution is -2.26. The first kappa shape index (κ1) is 17.5. The molecule has 1 amide bonds. The van der Waals surface area contributed by atoms with Crippen molar-refractivity contribution in [2.75, 3.05) is 5.32 Å². The fourth-order valence-electron chi connectivity index (χ4n) is 2.52. The maximum absolute atomic E-state index is 12.7. The van der Waals surface area contributed by atoms with E-state index in [-0.39, 0.29) is 11.4 Å². The maximum Gasteiger partial charge on any atom is 0.342 e. The van der Waals surface area contributed by atoms with Gasteiger partial charge in [0, 0.05) is 11.6 Å². The molecule has 0 aliphatic carbocycles. The number of carbonyl (C=O) groups excluding carboxylic acids is 2. The molecule has 2 aromatic heterocycles. The molecule has 0 saturated carbocycles. The minimum atomic E-state index is -1.14. The Morgan fingerprint density at radius 2 is 1.81 bits per heavy atom. The molecule has 1 atom stereocenters. The average molecular weight is 354 g/mol. The Labute approximate surface area is 149 Å². The summed E-state index contributed by atoms with van der Waals surface area (Å²) < 4.78 is 15.8. The molecule has 2 heterocycles. The Kier molecular flexibility index (Phi) is 4.88. The van der Waals surface area contributed by atoms with Crippen molar-refractivity contribution in [2.45, 2.75) is 26.9 Å². The molecule has 7 nitrogen and oxygen atoms in total. The number of ether oxygens (including phenoxy) is 1. The minimum absolute atomic E-state index is 0.250. The first-order chi connectivity index (χ1) is 12.4. The summed E-state index contributed by atoms with van der Waals surface area (Å²) >= 11 is 0. The number of carbonyl (C=O) groups is 2. The Balaban J connectivity index is 1.85. The number of rotatable bonds is 5. The van der Waals surface area contributed by atoms with Gasteiger partial charge in [0.05, 0.1) is 0 Å². The predicted octanol–water partition coefficient (Wildman–Crippen LogP) is 3.73. The summed E-state index contributed by atoms with van der Waals surface area (Å²) in [5.41, 5.74) is 0.824. The SMILES string of the molecule is Cc1cc(NC(=O)[C@H](OC(=O)c2cc(C)oc2C)c2ccccc2)no1. The lowest BCUT2D eigenvalue weighted by atomic mass is 10.1. The number of anilines is 1. The standard InChI is InChI=1S/C19H18N2O5/c1-11-9-15(13(3)24-11)19(23)25-17(14-7-5-4-6-8-14)18(22)20-16-10-12(2)26-21-16/h4-10,17H,1-3H3,(H,20,21,22)/t17-/m1/s1. The molecule has 0 fully saturated rings. The van der Waals surface area contributed by atoms with E-state index in [1.807, 2.05) is 6.07 Å². The van der Waals surface area contributed by atoms with Gasteiger partial charge in [-0.2, -0.15) is 0 Å². The number of furan rings is 1. The number of aryl methyl sites for hydroxylation is 3. The van der Waals surface area contributed by atoms with Gasteiger partial charge in [0.15, 0.2) is 5.82 Å². The summed E-state index contributed by atoms with van der Waals surface area (Å²) in [7, 11) is 0. The second kappa shape index (κ2) is 7.26. The number of hydrogen-bond donors (Lipinski definition) is 1. The molecular formula is C19H18N2O5. The van der Waals surface area contributed by atoms with Gasteiger partial charge < -0.3 is 19.0 Å². The number of amides is 1. The highest BCUT2D eigenvalue weighted by molar-refractivity contribution is 5.98. The van der Waals surface area contributed by atoms with Gasteiger partial charge in [-0.15, -0.1) is 0 Å². The van der Waals surface area contributed by atoms with Gasteiger partial charge in [-0.05, 0) is 26.8 Å². The molecule has 0 aliphatic rings. The Morgan fingerprint density at radius 1 is 1.08 bits per heavy atom. The quantitative estimate of drug-likeness (QED) is 0.702. The average Bonchev–Trinajstić information content (AvgIpc) is 3.17. The number of nitrogens with one attached hydrogen (secondary N) is 1. The highest BCUT2D eigenvalue weighted by Crippen LogP contribution is 2.23. The predicted molar refractivity (Wildman–Crippen MR) is 92.7 cm³/mol. The third-order valence-corrected chi connectivity index (χ3v) is 3.71. The zero-order chi connectivity index (χ0) is 18.7. The lowest BCUT2D eigenvalue weighted by Gasteiger charge is -2.17. The van der Waals surface area contributed by atoms with Crippen LogP contribution in [-0.4, -0.2) is 17.0 Å². The molecule has 0 saturated heterocycles. The van der Waals surface area contributed by atoms with E-state index >= 15 is 0 Å². The van der Waals surface area contributed by atoms with E-state index in [9.17, 15) is 9.59 Å². The van der Waals surface area contributed by atoms with Gasteiger partial charge in [0.25, 0.3) is 5.91 Å². The Bertz CT molecular complexity index is 927. The lowest BCUT2D eigenvalue weighted by molar-refractivity contribution is -0.125. The minimum Gasteiger partial charge on any atom is -0.466 e. The van der Waals surface area contributed by atoms with Crippen LogP contribution in [-0.2, 0) is 9.53 Å². The van der Waals surface area contributed by atoms with Crippen LogP contribution < -0.4 is 5.32 Å². The highest BCUT2D eigenvalue weighted by atomic mass is 16.5. The van der Waals surface area contributed by atoms with Gasteiger partial charge in [-0.1, -0.05) is 35.5 Å². The monoisotopic (exact) mass is 354 g/mol. The number of hydrogen-bond acceptors (Lipinski definition) is 6. The van der Waals surface area contributed by atoms with Crippen LogP contribution in [0, 0.1) is 20.8 Å².